The number of phosphoric ester groups is 1. The number of carbonyl (C=O) groups is 2. The number of likely N-dealkylation sites (N-methyl/N-ethyl adjacent to an activating group) is 1. The number of carbonyl (C=O) groups excluding carboxylic acids is 2. The highest BCUT2D eigenvalue weighted by Gasteiger charge is 2.27. The van der Waals surface area contributed by atoms with E-state index in [1.54, 1.807) is 0 Å². The van der Waals surface area contributed by atoms with Gasteiger partial charge in [0.2, 0.25) is 0 Å². The average Bonchev–Trinajstić information content (AvgIpc) is 2.79. The molecule has 0 aromatic heterocycles. The third kappa shape index (κ3) is 23.2. The number of hydrogen-bond donors (Lipinski definition) is 1. The zero-order chi connectivity index (χ0) is 27.3. The minimum atomic E-state index is -4.34. The fraction of sp³-hybridized carbons (Fsp3) is 0.846. The standard InChI is InChI=1S/C26H50NO8P/c1-6-8-10-12-13-14-15-17-19-26(29)35-24(22-32-25(28)18-16-11-9-7-2)23-34-36(30,31)33-21-20-27(3,4)5/h6,24H,1,7-23H2,2-5H3/p+1/t24-/m0/s1. The second kappa shape index (κ2) is 20.8. The van der Waals surface area contributed by atoms with Crippen molar-refractivity contribution in [3.63, 3.8) is 0 Å². The van der Waals surface area contributed by atoms with E-state index >= 15 is 0 Å². The number of ether oxygens (including phenoxy) is 2. The lowest BCUT2D eigenvalue weighted by Crippen LogP contribution is -2.37. The first-order chi connectivity index (χ1) is 17.0. The number of unbranched alkanes of at least 4 members (excludes halogenated alkanes) is 9. The fourth-order valence-electron chi connectivity index (χ4n) is 3.22. The number of quaternary nitrogens is 1. The highest BCUT2D eigenvalue weighted by molar-refractivity contribution is 7.47. The number of rotatable bonds is 24. The van der Waals surface area contributed by atoms with E-state index in [0.29, 0.717) is 17.4 Å². The van der Waals surface area contributed by atoms with Gasteiger partial charge in [-0.1, -0.05) is 57.9 Å². The zero-order valence-electron chi connectivity index (χ0n) is 23.1. The summed E-state index contributed by atoms with van der Waals surface area (Å²) in [4.78, 5) is 34.3. The quantitative estimate of drug-likeness (QED) is 0.0562. The van der Waals surface area contributed by atoms with Gasteiger partial charge in [0.15, 0.2) is 6.10 Å². The molecule has 36 heavy (non-hydrogen) atoms. The van der Waals surface area contributed by atoms with Gasteiger partial charge >= 0.3 is 19.8 Å². The first-order valence-electron chi connectivity index (χ1n) is 13.4. The van der Waals surface area contributed by atoms with Crippen LogP contribution in [0.1, 0.15) is 90.4 Å². The molecule has 0 bridgehead atoms. The molecule has 9 nitrogen and oxygen atoms in total. The van der Waals surface area contributed by atoms with Crippen molar-refractivity contribution in [2.75, 3.05) is 47.5 Å². The number of hydrogen-bond acceptors (Lipinski definition) is 7. The van der Waals surface area contributed by atoms with Gasteiger partial charge in [0.1, 0.15) is 19.8 Å². The first kappa shape index (κ1) is 34.8. The van der Waals surface area contributed by atoms with E-state index in [1.165, 1.54) is 0 Å². The summed E-state index contributed by atoms with van der Waals surface area (Å²) >= 11 is 0. The molecule has 0 aromatic rings. The molecule has 0 radical (unpaired) electrons. The van der Waals surface area contributed by atoms with Gasteiger partial charge in [-0.25, -0.2) is 4.57 Å². The van der Waals surface area contributed by atoms with Crippen LogP contribution in [-0.4, -0.2) is 74.9 Å². The smallest absolute Gasteiger partial charge is 0.462 e. The van der Waals surface area contributed by atoms with Crippen molar-refractivity contribution >= 4 is 19.8 Å². The predicted molar refractivity (Wildman–Crippen MR) is 141 cm³/mol. The zero-order valence-corrected chi connectivity index (χ0v) is 24.0. The molecule has 0 aliphatic heterocycles. The van der Waals surface area contributed by atoms with E-state index in [1.807, 2.05) is 27.2 Å². The molecule has 10 heteroatoms. The third-order valence-corrected chi connectivity index (χ3v) is 6.43. The molecule has 0 saturated heterocycles. The van der Waals surface area contributed by atoms with Crippen LogP contribution in [0.25, 0.3) is 0 Å². The Labute approximate surface area is 218 Å². The Morgan fingerprint density at radius 2 is 1.47 bits per heavy atom. The first-order valence-corrected chi connectivity index (χ1v) is 14.9. The van der Waals surface area contributed by atoms with Crippen LogP contribution >= 0.6 is 7.82 Å². The van der Waals surface area contributed by atoms with Crippen LogP contribution in [0.2, 0.25) is 0 Å². The monoisotopic (exact) mass is 536 g/mol. The Morgan fingerprint density at radius 1 is 0.889 bits per heavy atom. The molecule has 0 aliphatic carbocycles. The Bertz CT molecular complexity index is 650. The molecule has 0 heterocycles. The minimum absolute atomic E-state index is 0.0298. The van der Waals surface area contributed by atoms with Crippen molar-refractivity contribution in [3.8, 4) is 0 Å². The summed E-state index contributed by atoms with van der Waals surface area (Å²) in [5.74, 6) is -0.844. The van der Waals surface area contributed by atoms with Gasteiger partial charge in [0, 0.05) is 12.8 Å². The SMILES string of the molecule is C=CCCCCCCCCC(=O)O[C@@H](COC(=O)CCCCCC)COP(=O)(O)OCC[N+](C)(C)C. The van der Waals surface area contributed by atoms with E-state index in [4.69, 9.17) is 18.5 Å². The Hall–Kier alpha value is -1.25. The fourth-order valence-corrected chi connectivity index (χ4v) is 3.97. The van der Waals surface area contributed by atoms with E-state index in [9.17, 15) is 19.0 Å². The van der Waals surface area contributed by atoms with Crippen LogP contribution in [-0.2, 0) is 32.7 Å². The van der Waals surface area contributed by atoms with Crippen LogP contribution in [0, 0.1) is 0 Å². The summed E-state index contributed by atoms with van der Waals surface area (Å²) in [5.41, 5.74) is 0. The van der Waals surface area contributed by atoms with Gasteiger partial charge < -0.3 is 18.9 Å². The van der Waals surface area contributed by atoms with Crippen molar-refractivity contribution in [2.45, 2.75) is 96.5 Å². The molecule has 0 saturated carbocycles. The van der Waals surface area contributed by atoms with Gasteiger partial charge in [-0.2, -0.15) is 0 Å². The van der Waals surface area contributed by atoms with Crippen LogP contribution in [0.4, 0.5) is 0 Å². The van der Waals surface area contributed by atoms with Crippen molar-refractivity contribution < 1.29 is 42.1 Å². The molecule has 0 rings (SSSR count). The molecule has 2 atom stereocenters. The molecule has 0 aliphatic rings. The summed E-state index contributed by atoms with van der Waals surface area (Å²) in [7, 11) is 1.46. The highest BCUT2D eigenvalue weighted by Crippen LogP contribution is 2.43. The van der Waals surface area contributed by atoms with Crippen molar-refractivity contribution in [1.82, 2.24) is 0 Å². The lowest BCUT2D eigenvalue weighted by Gasteiger charge is -2.24. The number of phosphoric acid groups is 1. The average molecular weight is 537 g/mol. The molecule has 0 amide bonds. The van der Waals surface area contributed by atoms with Crippen molar-refractivity contribution in [1.29, 1.82) is 0 Å². The summed E-state index contributed by atoms with van der Waals surface area (Å²) in [5, 5.41) is 0. The van der Waals surface area contributed by atoms with E-state index < -0.39 is 32.5 Å². The molecule has 1 N–H and O–H groups in total. The molecule has 0 aromatic carbocycles. The van der Waals surface area contributed by atoms with Gasteiger partial charge in [-0.15, -0.1) is 6.58 Å². The predicted octanol–water partition coefficient (Wildman–Crippen LogP) is 5.56. The lowest BCUT2D eigenvalue weighted by atomic mass is 10.1. The maximum Gasteiger partial charge on any atom is 0.472 e. The van der Waals surface area contributed by atoms with Crippen molar-refractivity contribution in [3.05, 3.63) is 12.7 Å². The lowest BCUT2D eigenvalue weighted by molar-refractivity contribution is -0.870. The Kier molecular flexibility index (Phi) is 20.0. The number of allylic oxidation sites excluding steroid dienone is 1. The molecule has 0 fully saturated rings. The van der Waals surface area contributed by atoms with Crippen LogP contribution < -0.4 is 0 Å². The number of esters is 2. The molecular weight excluding hydrogens is 485 g/mol. The summed E-state index contributed by atoms with van der Waals surface area (Å²) in [6.07, 6.45) is 12.3. The van der Waals surface area contributed by atoms with Crippen LogP contribution in [0.15, 0.2) is 12.7 Å². The van der Waals surface area contributed by atoms with E-state index in [-0.39, 0.29) is 26.1 Å². The second-order valence-corrected chi connectivity index (χ2v) is 11.6. The number of nitrogens with zero attached hydrogens (tertiary/aromatic N) is 1. The normalized spacial score (nSPS) is 14.1. The highest BCUT2D eigenvalue weighted by atomic mass is 31.2. The second-order valence-electron chi connectivity index (χ2n) is 10.2. The minimum Gasteiger partial charge on any atom is -0.462 e. The van der Waals surface area contributed by atoms with Crippen LogP contribution in [0.5, 0.6) is 0 Å². The molecule has 212 valence electrons. The Balaban J connectivity index is 4.58. The summed E-state index contributed by atoms with van der Waals surface area (Å²) in [6, 6.07) is 0. The molecular formula is C26H51NO8P+. The van der Waals surface area contributed by atoms with Gasteiger partial charge in [0.25, 0.3) is 0 Å². The summed E-state index contributed by atoms with van der Waals surface area (Å²) < 4.78 is 33.5. The largest absolute Gasteiger partial charge is 0.472 e. The molecule has 1 unspecified atom stereocenters. The molecule has 0 spiro atoms. The van der Waals surface area contributed by atoms with E-state index in [0.717, 1.165) is 64.2 Å². The maximum atomic E-state index is 12.3. The van der Waals surface area contributed by atoms with Gasteiger partial charge in [-0.05, 0) is 25.7 Å². The van der Waals surface area contributed by atoms with Gasteiger partial charge in [0.05, 0.1) is 27.7 Å². The maximum absolute atomic E-state index is 12.3. The van der Waals surface area contributed by atoms with Crippen LogP contribution in [0.3, 0.4) is 0 Å². The Morgan fingerprint density at radius 3 is 2.08 bits per heavy atom. The van der Waals surface area contributed by atoms with Crippen molar-refractivity contribution in [2.24, 2.45) is 0 Å². The summed E-state index contributed by atoms with van der Waals surface area (Å²) in [6.45, 7) is 5.71. The van der Waals surface area contributed by atoms with Gasteiger partial charge in [-0.3, -0.25) is 18.6 Å². The van der Waals surface area contributed by atoms with E-state index in [2.05, 4.69) is 13.5 Å². The topological polar surface area (TPSA) is 108 Å². The third-order valence-electron chi connectivity index (χ3n) is 5.44.